The second-order valence-corrected chi connectivity index (χ2v) is 27.1. The zero-order valence-electron chi connectivity index (χ0n) is 54.0. The van der Waals surface area contributed by atoms with Crippen LogP contribution in [0.15, 0.2) is 72.8 Å². The van der Waals surface area contributed by atoms with E-state index in [-0.39, 0.29) is 47.5 Å². The number of aromatic nitrogens is 2. The van der Waals surface area contributed by atoms with E-state index >= 15 is 0 Å². The third kappa shape index (κ3) is 15.6. The summed E-state index contributed by atoms with van der Waals surface area (Å²) in [7, 11) is 0. The molecule has 10 rings (SSSR count). The van der Waals surface area contributed by atoms with Gasteiger partial charge in [0.2, 0.25) is 11.8 Å². The molecule has 8 heterocycles. The summed E-state index contributed by atoms with van der Waals surface area (Å²) in [5.41, 5.74) is 7.44. The lowest BCUT2D eigenvalue weighted by molar-refractivity contribution is -0.177. The molecule has 0 radical (unpaired) electrons. The van der Waals surface area contributed by atoms with E-state index in [9.17, 15) is 38.4 Å². The fourth-order valence-electron chi connectivity index (χ4n) is 12.8. The highest BCUT2D eigenvalue weighted by Gasteiger charge is 2.49. The van der Waals surface area contributed by atoms with Gasteiger partial charge in [-0.05, 0) is 154 Å². The number of fused-ring (bicyclic) bond motifs is 8. The first-order valence-corrected chi connectivity index (χ1v) is 31.8. The number of pyridine rings is 2. The topological polar surface area (TPSA) is 278 Å². The zero-order valence-corrected chi connectivity index (χ0v) is 54.0. The van der Waals surface area contributed by atoms with Gasteiger partial charge in [0.15, 0.2) is 12.2 Å². The number of esters is 2. The lowest BCUT2D eigenvalue weighted by atomic mass is 9.73. The van der Waals surface area contributed by atoms with Crippen molar-refractivity contribution in [1.82, 2.24) is 52.1 Å². The van der Waals surface area contributed by atoms with Crippen LogP contribution in [0.3, 0.4) is 0 Å². The van der Waals surface area contributed by atoms with Crippen molar-refractivity contribution in [2.45, 2.75) is 194 Å². The standard InChI is InChI=1S/2C34H45N5O6/c2*1-20(2)28-30(41)36-22(4)31(42)39-16-7-8-26(38-39)29(40)35-21(3)25-12-11-24-10-9-23(18-27(24)37-25)13-14-34(32(43)45-28)15-17-44-33(5,6)19-34/h2*9-14,18,20-22,26,28,38H,7-8,15-17,19H2,1-6H3,(H,35,40)(H,36,41)/b2*14-13+/t21-,22+,26+,28+,34+;21-,22+,26+,28+,34-/m11/s1. The van der Waals surface area contributed by atoms with Crippen molar-refractivity contribution in [2.24, 2.45) is 22.7 Å². The normalized spacial score (nSPS) is 30.6. The summed E-state index contributed by atoms with van der Waals surface area (Å²) in [4.78, 5) is 118. The molecule has 22 heteroatoms. The van der Waals surface area contributed by atoms with Gasteiger partial charge in [-0.1, -0.05) is 88.4 Å². The number of rotatable bonds is 2. The monoisotopic (exact) mass is 1240 g/mol. The second-order valence-electron chi connectivity index (χ2n) is 27.1. The Kier molecular flexibility index (Phi) is 20.3. The lowest BCUT2D eigenvalue weighted by Crippen LogP contribution is -2.61. The molecule has 2 aromatic heterocycles. The summed E-state index contributed by atoms with van der Waals surface area (Å²) in [6, 6.07) is 15.7. The van der Waals surface area contributed by atoms with Crippen LogP contribution in [0.2, 0.25) is 0 Å². The number of nitrogens with one attached hydrogen (secondary N) is 6. The van der Waals surface area contributed by atoms with Crippen molar-refractivity contribution in [3.05, 3.63) is 95.3 Å². The largest absolute Gasteiger partial charge is 0.451 e. The molecule has 4 aromatic rings. The smallest absolute Gasteiger partial charge is 0.316 e. The molecule has 0 unspecified atom stereocenters. The van der Waals surface area contributed by atoms with Gasteiger partial charge in [-0.2, -0.15) is 0 Å². The lowest BCUT2D eigenvalue weighted by Gasteiger charge is -2.42. The van der Waals surface area contributed by atoms with Crippen LogP contribution < -0.4 is 32.1 Å². The molecular formula is C68H90N10O12. The molecule has 90 heavy (non-hydrogen) atoms. The molecule has 484 valence electrons. The van der Waals surface area contributed by atoms with Gasteiger partial charge in [0.25, 0.3) is 23.6 Å². The average Bonchev–Trinajstić information content (AvgIpc) is 0.850. The fourth-order valence-corrected chi connectivity index (χ4v) is 12.8. The van der Waals surface area contributed by atoms with Crippen LogP contribution in [0, 0.1) is 22.7 Å². The minimum Gasteiger partial charge on any atom is -0.451 e. The Bertz CT molecular complexity index is 3230. The maximum absolute atomic E-state index is 14.1. The molecule has 10 atom stereocenters. The summed E-state index contributed by atoms with van der Waals surface area (Å²) in [5, 5.41) is 16.2. The van der Waals surface area contributed by atoms with Gasteiger partial charge in [0.05, 0.1) is 56.5 Å². The first-order chi connectivity index (χ1) is 42.5. The van der Waals surface area contributed by atoms with Crippen LogP contribution in [0.25, 0.3) is 34.0 Å². The van der Waals surface area contributed by atoms with Crippen LogP contribution in [-0.4, -0.2) is 141 Å². The predicted octanol–water partition coefficient (Wildman–Crippen LogP) is 7.16. The maximum atomic E-state index is 14.1. The number of amides is 6. The quantitative estimate of drug-likeness (QED) is 0.109. The van der Waals surface area contributed by atoms with E-state index in [0.717, 1.165) is 32.9 Å². The van der Waals surface area contributed by atoms with E-state index in [4.69, 9.17) is 28.9 Å². The number of nitrogens with zero attached hydrogens (tertiary/aromatic N) is 4. The molecule has 22 nitrogen and oxygen atoms in total. The van der Waals surface area contributed by atoms with Gasteiger partial charge < -0.3 is 40.2 Å². The molecule has 4 saturated heterocycles. The van der Waals surface area contributed by atoms with E-state index in [1.807, 2.05) is 127 Å². The Morgan fingerprint density at radius 1 is 0.500 bits per heavy atom. The second kappa shape index (κ2) is 27.4. The molecular weight excluding hydrogens is 1150 g/mol. The molecule has 0 saturated carbocycles. The average molecular weight is 1240 g/mol. The fraction of sp³-hybridized carbons (Fsp3) is 0.559. The van der Waals surface area contributed by atoms with Gasteiger partial charge in [-0.15, -0.1) is 0 Å². The molecule has 6 N–H and O–H groups in total. The molecule has 2 spiro atoms. The minimum absolute atomic E-state index is 0.238. The van der Waals surface area contributed by atoms with Crippen molar-refractivity contribution in [2.75, 3.05) is 26.3 Å². The van der Waals surface area contributed by atoms with E-state index in [1.165, 1.54) is 10.0 Å². The number of cyclic esters (lactones) is 2. The van der Waals surface area contributed by atoms with Crippen molar-refractivity contribution >= 4 is 81.3 Å². The van der Waals surface area contributed by atoms with Gasteiger partial charge in [-0.25, -0.2) is 10.9 Å². The number of hydrogen-bond acceptors (Lipinski definition) is 16. The Morgan fingerprint density at radius 3 is 1.23 bits per heavy atom. The number of hydrogen-bond donors (Lipinski definition) is 6. The first-order valence-electron chi connectivity index (χ1n) is 31.8. The first kappa shape index (κ1) is 66.8. The Hall–Kier alpha value is -7.66. The summed E-state index contributed by atoms with van der Waals surface area (Å²) in [6.07, 6.45) is 9.16. The third-order valence-corrected chi connectivity index (χ3v) is 17.8. The SMILES string of the molecule is CC(C)[C@@H]1OC(=O)[C@@]2(/C=C/c3ccc4ccc(nc4c3)[C@@H](C)NC(=O)[C@@H]3CCCN(N3)C(=O)[C@H](C)NC1=O)CCOC(C)(C)C2.CC(C)[C@@H]1OC(=O)[C@]2(/C=C/c3ccc4ccc(nc4c3)[C@@H](C)NC(=O)[C@@H]3CCCN(N3)C(=O)[C@H](C)NC1=O)CCOC(C)(C)C2. The molecule has 10 bridgehead atoms. The van der Waals surface area contributed by atoms with E-state index < -0.39 is 82.2 Å². The van der Waals surface area contributed by atoms with Gasteiger partial charge in [0.1, 0.15) is 24.2 Å². The summed E-state index contributed by atoms with van der Waals surface area (Å²) in [6.45, 7) is 23.4. The molecule has 6 aliphatic heterocycles. The van der Waals surface area contributed by atoms with Gasteiger partial charge in [0, 0.05) is 37.1 Å². The maximum Gasteiger partial charge on any atom is 0.316 e. The summed E-state index contributed by atoms with van der Waals surface area (Å²) in [5.74, 6) is -4.06. The molecule has 6 amide bonds. The molecule has 2 aromatic carbocycles. The van der Waals surface area contributed by atoms with Crippen LogP contribution in [0.4, 0.5) is 0 Å². The number of ether oxygens (including phenoxy) is 4. The van der Waals surface area contributed by atoms with E-state index in [0.29, 0.717) is 89.1 Å². The predicted molar refractivity (Wildman–Crippen MR) is 338 cm³/mol. The van der Waals surface area contributed by atoms with Crippen molar-refractivity contribution in [3.8, 4) is 0 Å². The van der Waals surface area contributed by atoms with Crippen LogP contribution >= 0.6 is 0 Å². The summed E-state index contributed by atoms with van der Waals surface area (Å²) >= 11 is 0. The van der Waals surface area contributed by atoms with Gasteiger partial charge in [-0.3, -0.25) is 58.3 Å². The Morgan fingerprint density at radius 2 is 0.867 bits per heavy atom. The highest BCUT2D eigenvalue weighted by Crippen LogP contribution is 2.44. The molecule has 6 aliphatic rings. The van der Waals surface area contributed by atoms with E-state index in [1.54, 1.807) is 41.5 Å². The molecule has 0 aliphatic carbocycles. The van der Waals surface area contributed by atoms with Crippen molar-refractivity contribution in [3.63, 3.8) is 0 Å². The Balaban J connectivity index is 0.000000213. The van der Waals surface area contributed by atoms with E-state index in [2.05, 4.69) is 32.1 Å². The third-order valence-electron chi connectivity index (χ3n) is 17.8. The van der Waals surface area contributed by atoms with Crippen LogP contribution in [0.1, 0.15) is 169 Å². The summed E-state index contributed by atoms with van der Waals surface area (Å²) < 4.78 is 24.0. The highest BCUT2D eigenvalue weighted by atomic mass is 16.6. The number of carbonyl (C=O) groups is 8. The molecule has 4 fully saturated rings. The zero-order chi connectivity index (χ0) is 65.0. The van der Waals surface area contributed by atoms with Crippen molar-refractivity contribution in [1.29, 1.82) is 0 Å². The number of benzene rings is 2. The van der Waals surface area contributed by atoms with Crippen LogP contribution in [-0.2, 0) is 57.3 Å². The van der Waals surface area contributed by atoms with Crippen molar-refractivity contribution < 1.29 is 57.3 Å². The van der Waals surface area contributed by atoms with Crippen LogP contribution in [0.5, 0.6) is 0 Å². The Labute approximate surface area is 527 Å². The highest BCUT2D eigenvalue weighted by molar-refractivity contribution is 5.94. The number of carbonyl (C=O) groups excluding carboxylic acids is 8. The van der Waals surface area contributed by atoms with Gasteiger partial charge >= 0.3 is 11.9 Å². The minimum atomic E-state index is -1.12. The number of hydrazine groups is 2.